The van der Waals surface area contributed by atoms with Gasteiger partial charge in [0, 0.05) is 30.1 Å². The normalized spacial score (nSPS) is 10.6. The molecule has 1 aromatic heterocycles. The van der Waals surface area contributed by atoms with Crippen molar-refractivity contribution in [2.75, 3.05) is 5.32 Å². The van der Waals surface area contributed by atoms with Crippen molar-refractivity contribution in [1.82, 2.24) is 9.78 Å². The number of hydrogen-bond donors (Lipinski definition) is 1. The van der Waals surface area contributed by atoms with Crippen molar-refractivity contribution in [2.24, 2.45) is 0 Å². The van der Waals surface area contributed by atoms with E-state index in [4.69, 9.17) is 0 Å². The number of nitro benzene ring substituents is 1. The zero-order valence-corrected chi connectivity index (χ0v) is 11.9. The van der Waals surface area contributed by atoms with Crippen LogP contribution in [0.3, 0.4) is 0 Å². The van der Waals surface area contributed by atoms with Gasteiger partial charge in [-0.3, -0.25) is 14.8 Å². The monoisotopic (exact) mass is 274 g/mol. The van der Waals surface area contributed by atoms with Gasteiger partial charge in [0.25, 0.3) is 5.69 Å². The Bertz CT molecular complexity index is 634. The summed E-state index contributed by atoms with van der Waals surface area (Å²) in [6.07, 6.45) is 1.77. The van der Waals surface area contributed by atoms with E-state index in [0.29, 0.717) is 12.1 Å². The van der Waals surface area contributed by atoms with Crippen molar-refractivity contribution in [1.29, 1.82) is 0 Å². The highest BCUT2D eigenvalue weighted by Gasteiger charge is 2.13. The first-order valence-electron chi connectivity index (χ1n) is 6.53. The number of anilines is 1. The van der Waals surface area contributed by atoms with Crippen LogP contribution in [0.4, 0.5) is 11.4 Å². The van der Waals surface area contributed by atoms with Gasteiger partial charge in [-0.2, -0.15) is 5.10 Å². The van der Waals surface area contributed by atoms with E-state index in [1.807, 2.05) is 30.7 Å². The topological polar surface area (TPSA) is 73.0 Å². The Labute approximate surface area is 117 Å². The first-order valence-corrected chi connectivity index (χ1v) is 6.53. The number of rotatable bonds is 5. The van der Waals surface area contributed by atoms with Gasteiger partial charge in [0.1, 0.15) is 0 Å². The highest BCUT2D eigenvalue weighted by molar-refractivity contribution is 5.59. The minimum Gasteiger partial charge on any atom is -0.379 e. The number of nitro groups is 1. The van der Waals surface area contributed by atoms with Crippen molar-refractivity contribution >= 4 is 11.4 Å². The van der Waals surface area contributed by atoms with Crippen LogP contribution < -0.4 is 5.32 Å². The van der Waals surface area contributed by atoms with Gasteiger partial charge < -0.3 is 5.32 Å². The number of aryl methyl sites for hydroxylation is 3. The Morgan fingerprint density at radius 2 is 2.10 bits per heavy atom. The molecule has 0 atom stereocenters. The molecule has 0 unspecified atom stereocenters. The summed E-state index contributed by atoms with van der Waals surface area (Å²) in [6.45, 7) is 7.12. The van der Waals surface area contributed by atoms with E-state index in [0.717, 1.165) is 23.5 Å². The second-order valence-corrected chi connectivity index (χ2v) is 4.70. The van der Waals surface area contributed by atoms with Gasteiger partial charge in [0.15, 0.2) is 0 Å². The first-order chi connectivity index (χ1) is 9.52. The van der Waals surface area contributed by atoms with Crippen molar-refractivity contribution in [3.8, 4) is 0 Å². The maximum absolute atomic E-state index is 10.9. The summed E-state index contributed by atoms with van der Waals surface area (Å²) in [6, 6.07) is 5.39. The molecule has 0 saturated carbocycles. The molecule has 6 heteroatoms. The lowest BCUT2D eigenvalue weighted by molar-refractivity contribution is -0.385. The standard InChI is InChI=1S/C14H18N4O2/c1-4-17-12(5-6-16-17)9-15-13-7-11(3)14(18(19)20)8-10(13)2/h5-8,15H,4,9H2,1-3H3. The Kier molecular flexibility index (Phi) is 4.02. The molecule has 0 aliphatic rings. The van der Waals surface area contributed by atoms with Crippen molar-refractivity contribution in [3.05, 3.63) is 51.3 Å². The Morgan fingerprint density at radius 1 is 1.35 bits per heavy atom. The summed E-state index contributed by atoms with van der Waals surface area (Å²) in [7, 11) is 0. The van der Waals surface area contributed by atoms with Crippen LogP contribution in [0.1, 0.15) is 23.7 Å². The molecule has 0 amide bonds. The van der Waals surface area contributed by atoms with Crippen LogP contribution in [0, 0.1) is 24.0 Å². The van der Waals surface area contributed by atoms with Crippen LogP contribution in [0.5, 0.6) is 0 Å². The highest BCUT2D eigenvalue weighted by Crippen LogP contribution is 2.26. The maximum atomic E-state index is 10.9. The second-order valence-electron chi connectivity index (χ2n) is 4.70. The average Bonchev–Trinajstić information content (AvgIpc) is 2.86. The van der Waals surface area contributed by atoms with Gasteiger partial charge in [-0.05, 0) is 38.5 Å². The van der Waals surface area contributed by atoms with Gasteiger partial charge in [0.2, 0.25) is 0 Å². The SMILES string of the molecule is CCn1nccc1CNc1cc(C)c([N+](=O)[O-])cc1C. The van der Waals surface area contributed by atoms with Gasteiger partial charge in [-0.25, -0.2) is 0 Å². The molecule has 1 heterocycles. The van der Waals surface area contributed by atoms with Crippen LogP contribution >= 0.6 is 0 Å². The fraction of sp³-hybridized carbons (Fsp3) is 0.357. The third-order valence-corrected chi connectivity index (χ3v) is 3.30. The number of aromatic nitrogens is 2. The molecule has 106 valence electrons. The number of nitrogens with one attached hydrogen (secondary N) is 1. The molecule has 2 aromatic rings. The number of hydrogen-bond acceptors (Lipinski definition) is 4. The second kappa shape index (κ2) is 5.73. The molecule has 1 N–H and O–H groups in total. The van der Waals surface area contributed by atoms with Gasteiger partial charge in [0.05, 0.1) is 17.2 Å². The Balaban J connectivity index is 2.18. The Morgan fingerprint density at radius 3 is 2.75 bits per heavy atom. The van der Waals surface area contributed by atoms with E-state index >= 15 is 0 Å². The van der Waals surface area contributed by atoms with Gasteiger partial charge >= 0.3 is 0 Å². The highest BCUT2D eigenvalue weighted by atomic mass is 16.6. The molecule has 6 nitrogen and oxygen atoms in total. The van der Waals surface area contributed by atoms with Crippen molar-refractivity contribution < 1.29 is 4.92 Å². The lowest BCUT2D eigenvalue weighted by atomic mass is 10.1. The van der Waals surface area contributed by atoms with E-state index in [2.05, 4.69) is 10.4 Å². The average molecular weight is 274 g/mol. The fourth-order valence-corrected chi connectivity index (χ4v) is 2.17. The van der Waals surface area contributed by atoms with Gasteiger partial charge in [-0.1, -0.05) is 0 Å². The van der Waals surface area contributed by atoms with Crippen LogP contribution in [0.2, 0.25) is 0 Å². The summed E-state index contributed by atoms with van der Waals surface area (Å²) in [4.78, 5) is 10.5. The summed E-state index contributed by atoms with van der Waals surface area (Å²) >= 11 is 0. The van der Waals surface area contributed by atoms with E-state index in [1.165, 1.54) is 0 Å². The summed E-state index contributed by atoms with van der Waals surface area (Å²) in [5.41, 5.74) is 3.68. The first kappa shape index (κ1) is 14.0. The zero-order chi connectivity index (χ0) is 14.7. The summed E-state index contributed by atoms with van der Waals surface area (Å²) in [5.74, 6) is 0. The van der Waals surface area contributed by atoms with E-state index in [9.17, 15) is 10.1 Å². The molecular formula is C14H18N4O2. The predicted octanol–water partition coefficient (Wildman–Crippen LogP) is 3.04. The van der Waals surface area contributed by atoms with Crippen molar-refractivity contribution in [2.45, 2.75) is 33.9 Å². The minimum atomic E-state index is -0.349. The molecule has 0 aliphatic carbocycles. The van der Waals surface area contributed by atoms with E-state index in [-0.39, 0.29) is 10.6 Å². The van der Waals surface area contributed by atoms with E-state index < -0.39 is 0 Å². The Hall–Kier alpha value is -2.37. The number of benzene rings is 1. The van der Waals surface area contributed by atoms with Crippen LogP contribution in [-0.2, 0) is 13.1 Å². The quantitative estimate of drug-likeness (QED) is 0.671. The molecule has 0 radical (unpaired) electrons. The lowest BCUT2D eigenvalue weighted by Gasteiger charge is -2.11. The lowest BCUT2D eigenvalue weighted by Crippen LogP contribution is -2.08. The minimum absolute atomic E-state index is 0.159. The number of nitrogens with zero attached hydrogens (tertiary/aromatic N) is 3. The molecule has 0 saturated heterocycles. The molecule has 2 rings (SSSR count). The third kappa shape index (κ3) is 2.79. The fourth-order valence-electron chi connectivity index (χ4n) is 2.17. The predicted molar refractivity (Wildman–Crippen MR) is 77.8 cm³/mol. The maximum Gasteiger partial charge on any atom is 0.272 e. The summed E-state index contributed by atoms with van der Waals surface area (Å²) < 4.78 is 1.92. The molecule has 0 fully saturated rings. The third-order valence-electron chi connectivity index (χ3n) is 3.30. The molecule has 0 aliphatic heterocycles. The molecule has 0 spiro atoms. The molecular weight excluding hydrogens is 256 g/mol. The van der Waals surface area contributed by atoms with E-state index in [1.54, 1.807) is 19.2 Å². The summed E-state index contributed by atoms with van der Waals surface area (Å²) in [5, 5.41) is 18.4. The van der Waals surface area contributed by atoms with Crippen molar-refractivity contribution in [3.63, 3.8) is 0 Å². The molecule has 20 heavy (non-hydrogen) atoms. The van der Waals surface area contributed by atoms with Gasteiger partial charge in [-0.15, -0.1) is 0 Å². The largest absolute Gasteiger partial charge is 0.379 e. The van der Waals surface area contributed by atoms with Crippen LogP contribution in [-0.4, -0.2) is 14.7 Å². The smallest absolute Gasteiger partial charge is 0.272 e. The van der Waals surface area contributed by atoms with Crippen LogP contribution in [0.25, 0.3) is 0 Å². The van der Waals surface area contributed by atoms with Crippen LogP contribution in [0.15, 0.2) is 24.4 Å². The zero-order valence-electron chi connectivity index (χ0n) is 11.9. The molecule has 1 aromatic carbocycles. The molecule has 0 bridgehead atoms.